The minimum Gasteiger partial charge on any atom is -0.338 e. The van der Waals surface area contributed by atoms with Gasteiger partial charge in [0.1, 0.15) is 5.82 Å². The van der Waals surface area contributed by atoms with Gasteiger partial charge in [0.15, 0.2) is 0 Å². The van der Waals surface area contributed by atoms with E-state index >= 15 is 0 Å². The molecule has 1 aromatic heterocycles. The molecule has 2 rings (SSSR count). The molecule has 1 N–H and O–H groups in total. The van der Waals surface area contributed by atoms with Crippen LogP contribution >= 0.6 is 0 Å². The van der Waals surface area contributed by atoms with Crippen LogP contribution in [0.1, 0.15) is 31.0 Å². The maximum absolute atomic E-state index is 13.2. The molecule has 1 heterocycles. The molecule has 7 heteroatoms. The topological polar surface area (TPSA) is 72.2 Å². The summed E-state index contributed by atoms with van der Waals surface area (Å²) in [6, 6.07) is 5.09. The van der Waals surface area contributed by atoms with E-state index in [1.807, 2.05) is 13.8 Å². The Morgan fingerprint density at radius 2 is 2.00 bits per heavy atom. The zero-order valence-electron chi connectivity index (χ0n) is 11.3. The van der Waals surface area contributed by atoms with Crippen molar-refractivity contribution in [3.63, 3.8) is 0 Å². The molecule has 20 heavy (non-hydrogen) atoms. The van der Waals surface area contributed by atoms with Gasteiger partial charge in [-0.25, -0.2) is 17.5 Å². The van der Waals surface area contributed by atoms with E-state index in [2.05, 4.69) is 9.88 Å². The summed E-state index contributed by atoms with van der Waals surface area (Å²) in [4.78, 5) is -0.125. The summed E-state index contributed by atoms with van der Waals surface area (Å²) in [6.45, 7) is 5.41. The van der Waals surface area contributed by atoms with Crippen molar-refractivity contribution in [2.75, 3.05) is 4.72 Å². The third kappa shape index (κ3) is 2.98. The summed E-state index contributed by atoms with van der Waals surface area (Å²) in [5, 5.41) is 3.76. The van der Waals surface area contributed by atoms with Crippen molar-refractivity contribution in [1.82, 2.24) is 5.16 Å². The van der Waals surface area contributed by atoms with E-state index in [9.17, 15) is 12.8 Å². The van der Waals surface area contributed by atoms with Crippen LogP contribution in [0, 0.1) is 12.7 Å². The highest BCUT2D eigenvalue weighted by Crippen LogP contribution is 2.22. The van der Waals surface area contributed by atoms with Gasteiger partial charge in [-0.05, 0) is 30.5 Å². The van der Waals surface area contributed by atoms with Crippen LogP contribution in [0.4, 0.5) is 10.3 Å². The Morgan fingerprint density at radius 1 is 1.30 bits per heavy atom. The van der Waals surface area contributed by atoms with E-state index in [-0.39, 0.29) is 16.7 Å². The second kappa shape index (κ2) is 5.24. The Hall–Kier alpha value is -1.89. The molecule has 0 amide bonds. The molecule has 2 aromatic rings. The van der Waals surface area contributed by atoms with E-state index in [1.165, 1.54) is 18.2 Å². The van der Waals surface area contributed by atoms with Gasteiger partial charge in [-0.1, -0.05) is 25.1 Å². The zero-order valence-corrected chi connectivity index (χ0v) is 12.2. The predicted octanol–water partition coefficient (Wildman–Crippen LogP) is 3.05. The van der Waals surface area contributed by atoms with Gasteiger partial charge in [-0.3, -0.25) is 0 Å². The molecule has 0 aliphatic heterocycles. The van der Waals surface area contributed by atoms with Crippen molar-refractivity contribution in [3.8, 4) is 0 Å². The molecule has 1 aromatic carbocycles. The molecule has 108 valence electrons. The third-order valence-electron chi connectivity index (χ3n) is 2.79. The first kappa shape index (κ1) is 14.5. The maximum Gasteiger partial charge on any atom is 0.264 e. The number of nitrogens with one attached hydrogen (secondary N) is 1. The summed E-state index contributed by atoms with van der Waals surface area (Å²) >= 11 is 0. The lowest BCUT2D eigenvalue weighted by molar-refractivity contribution is 0.423. The smallest absolute Gasteiger partial charge is 0.264 e. The highest BCUT2D eigenvalue weighted by atomic mass is 32.2. The van der Waals surface area contributed by atoms with E-state index < -0.39 is 15.8 Å². The number of rotatable bonds is 4. The molecule has 0 unspecified atom stereocenters. The van der Waals surface area contributed by atoms with E-state index in [4.69, 9.17) is 4.52 Å². The number of aromatic nitrogens is 1. The average molecular weight is 298 g/mol. The van der Waals surface area contributed by atoms with Crippen LogP contribution < -0.4 is 4.72 Å². The van der Waals surface area contributed by atoms with Gasteiger partial charge in [0.25, 0.3) is 10.0 Å². The fourth-order valence-electron chi connectivity index (χ4n) is 1.66. The van der Waals surface area contributed by atoms with E-state index in [1.54, 1.807) is 6.92 Å². The molecule has 0 bridgehead atoms. The summed E-state index contributed by atoms with van der Waals surface area (Å²) in [5.41, 5.74) is 1.08. The average Bonchev–Trinajstić information content (AvgIpc) is 2.80. The Bertz CT molecular complexity index is 723. The molecule has 0 fully saturated rings. The molecular weight excluding hydrogens is 283 g/mol. The minimum absolute atomic E-state index is 0.0114. The molecule has 0 saturated heterocycles. The first-order valence-electron chi connectivity index (χ1n) is 6.05. The van der Waals surface area contributed by atoms with Gasteiger partial charge in [0.05, 0.1) is 10.6 Å². The van der Waals surface area contributed by atoms with Crippen molar-refractivity contribution in [2.45, 2.75) is 31.6 Å². The molecule has 0 atom stereocenters. The van der Waals surface area contributed by atoms with Gasteiger partial charge in [-0.15, -0.1) is 0 Å². The quantitative estimate of drug-likeness (QED) is 0.941. The number of anilines is 1. The van der Waals surface area contributed by atoms with Crippen LogP contribution in [0.3, 0.4) is 0 Å². The standard InChI is InChI=1S/C13H15FN2O3S/c1-8(2)11-7-13(19-15-11)16-20(17,18)12-6-10(14)5-4-9(12)3/h4-8,16H,1-3H3. The van der Waals surface area contributed by atoms with Crippen LogP contribution in [0.25, 0.3) is 0 Å². The van der Waals surface area contributed by atoms with Crippen LogP contribution in [0.2, 0.25) is 0 Å². The van der Waals surface area contributed by atoms with E-state index in [0.29, 0.717) is 11.3 Å². The summed E-state index contributed by atoms with van der Waals surface area (Å²) in [7, 11) is -3.90. The molecule has 0 spiro atoms. The Morgan fingerprint density at radius 3 is 2.60 bits per heavy atom. The lowest BCUT2D eigenvalue weighted by Gasteiger charge is -2.07. The first-order chi connectivity index (χ1) is 9.29. The Labute approximate surface area is 116 Å². The molecule has 0 aliphatic carbocycles. The molecule has 0 radical (unpaired) electrons. The number of halogens is 1. The first-order valence-corrected chi connectivity index (χ1v) is 7.53. The molecular formula is C13H15FN2O3S. The molecule has 0 aliphatic rings. The number of nitrogens with zero attached hydrogens (tertiary/aromatic N) is 1. The second-order valence-corrected chi connectivity index (χ2v) is 6.44. The Kier molecular flexibility index (Phi) is 3.80. The highest BCUT2D eigenvalue weighted by Gasteiger charge is 2.20. The zero-order chi connectivity index (χ0) is 14.9. The number of hydrogen-bond acceptors (Lipinski definition) is 4. The Balaban J connectivity index is 2.33. The van der Waals surface area contributed by atoms with Gasteiger partial charge in [-0.2, -0.15) is 0 Å². The van der Waals surface area contributed by atoms with Gasteiger partial charge in [0, 0.05) is 6.07 Å². The van der Waals surface area contributed by atoms with Crippen molar-refractivity contribution in [3.05, 3.63) is 41.3 Å². The van der Waals surface area contributed by atoms with Crippen molar-refractivity contribution in [2.24, 2.45) is 0 Å². The summed E-state index contributed by atoms with van der Waals surface area (Å²) in [6.07, 6.45) is 0. The summed E-state index contributed by atoms with van der Waals surface area (Å²) < 4.78 is 44.7. The highest BCUT2D eigenvalue weighted by molar-refractivity contribution is 7.92. The molecule has 0 saturated carbocycles. The van der Waals surface area contributed by atoms with Gasteiger partial charge < -0.3 is 4.52 Å². The largest absolute Gasteiger partial charge is 0.338 e. The van der Waals surface area contributed by atoms with Crippen LogP contribution in [-0.2, 0) is 10.0 Å². The lowest BCUT2D eigenvalue weighted by atomic mass is 10.1. The number of sulfonamides is 1. The van der Waals surface area contributed by atoms with Gasteiger partial charge >= 0.3 is 0 Å². The number of hydrogen-bond donors (Lipinski definition) is 1. The predicted molar refractivity (Wildman–Crippen MR) is 72.5 cm³/mol. The maximum atomic E-state index is 13.2. The van der Waals surface area contributed by atoms with E-state index in [0.717, 1.165) is 6.07 Å². The SMILES string of the molecule is Cc1ccc(F)cc1S(=O)(=O)Nc1cc(C(C)C)no1. The monoisotopic (exact) mass is 298 g/mol. The fraction of sp³-hybridized carbons (Fsp3) is 0.308. The molecule has 5 nitrogen and oxygen atoms in total. The number of benzene rings is 1. The fourth-order valence-corrected chi connectivity index (χ4v) is 2.89. The summed E-state index contributed by atoms with van der Waals surface area (Å²) in [5.74, 6) is -0.485. The normalized spacial score (nSPS) is 11.8. The second-order valence-electron chi connectivity index (χ2n) is 4.79. The van der Waals surface area contributed by atoms with Gasteiger partial charge in [0.2, 0.25) is 5.88 Å². The van der Waals surface area contributed by atoms with Crippen molar-refractivity contribution in [1.29, 1.82) is 0 Å². The number of aryl methyl sites for hydroxylation is 1. The minimum atomic E-state index is -3.90. The lowest BCUT2D eigenvalue weighted by Crippen LogP contribution is -2.14. The van der Waals surface area contributed by atoms with Crippen molar-refractivity contribution < 1.29 is 17.3 Å². The third-order valence-corrected chi connectivity index (χ3v) is 4.28. The van der Waals surface area contributed by atoms with Crippen molar-refractivity contribution >= 4 is 15.9 Å². The van der Waals surface area contributed by atoms with Crippen LogP contribution in [-0.4, -0.2) is 13.6 Å². The van der Waals surface area contributed by atoms with Crippen LogP contribution in [0.15, 0.2) is 33.7 Å². The van der Waals surface area contributed by atoms with Crippen LogP contribution in [0.5, 0.6) is 0 Å².